The van der Waals surface area contributed by atoms with Gasteiger partial charge < -0.3 is 4.57 Å². The van der Waals surface area contributed by atoms with Crippen molar-refractivity contribution in [1.82, 2.24) is 29.0 Å². The molecule has 0 amide bonds. The Bertz CT molecular complexity index is 701. The first-order chi connectivity index (χ1) is 9.88. The zero-order valence-electron chi connectivity index (χ0n) is 11.1. The Morgan fingerprint density at radius 3 is 3.20 bits per heavy atom. The minimum Gasteiger partial charge on any atom is -0.333 e. The smallest absolute Gasteiger partial charge is 0.155 e. The lowest BCUT2D eigenvalue weighted by molar-refractivity contribution is 0.316. The topological polar surface area (TPSA) is 51.2 Å². The van der Waals surface area contributed by atoms with Crippen LogP contribution < -0.4 is 0 Å². The van der Waals surface area contributed by atoms with E-state index in [-0.39, 0.29) is 0 Å². The lowest BCUT2D eigenvalue weighted by Crippen LogP contribution is -2.21. The van der Waals surface area contributed by atoms with Crippen LogP contribution in [0.4, 0.5) is 0 Å². The molecule has 0 N–H and O–H groups in total. The van der Waals surface area contributed by atoms with Crippen LogP contribution in [0.5, 0.6) is 0 Å². The largest absolute Gasteiger partial charge is 0.333 e. The molecular weight excluding hydrogens is 252 g/mol. The fraction of sp³-hybridized carbons (Fsp3) is 0.357. The highest BCUT2D eigenvalue weighted by molar-refractivity contribution is 5.39. The first kappa shape index (κ1) is 11.6. The lowest BCUT2D eigenvalue weighted by Gasteiger charge is -2.16. The molecule has 0 aliphatic carbocycles. The van der Waals surface area contributed by atoms with E-state index in [1.807, 2.05) is 18.7 Å². The fourth-order valence-corrected chi connectivity index (χ4v) is 2.90. The van der Waals surface area contributed by atoms with Gasteiger partial charge >= 0.3 is 0 Å². The fourth-order valence-electron chi connectivity index (χ4n) is 2.90. The molecule has 0 spiro atoms. The van der Waals surface area contributed by atoms with E-state index >= 15 is 0 Å². The van der Waals surface area contributed by atoms with Gasteiger partial charge in [0.15, 0.2) is 5.65 Å². The van der Waals surface area contributed by atoms with Crippen LogP contribution in [0, 0.1) is 0 Å². The van der Waals surface area contributed by atoms with Gasteiger partial charge in [-0.15, -0.1) is 0 Å². The van der Waals surface area contributed by atoms with E-state index in [2.05, 4.69) is 42.9 Å². The van der Waals surface area contributed by atoms with E-state index in [1.54, 1.807) is 10.8 Å². The van der Waals surface area contributed by atoms with Crippen molar-refractivity contribution < 1.29 is 0 Å². The summed E-state index contributed by atoms with van der Waals surface area (Å²) >= 11 is 0. The first-order valence-corrected chi connectivity index (χ1v) is 6.86. The molecule has 1 saturated heterocycles. The maximum absolute atomic E-state index is 4.23. The normalized spacial score (nSPS) is 19.9. The highest BCUT2D eigenvalue weighted by Gasteiger charge is 2.23. The molecule has 0 saturated carbocycles. The van der Waals surface area contributed by atoms with Gasteiger partial charge in [0.1, 0.15) is 6.33 Å². The Morgan fingerprint density at radius 1 is 1.30 bits per heavy atom. The number of aromatic nitrogens is 5. The Kier molecular flexibility index (Phi) is 2.74. The molecule has 1 unspecified atom stereocenters. The van der Waals surface area contributed by atoms with Crippen LogP contribution in [0.15, 0.2) is 43.4 Å². The summed E-state index contributed by atoms with van der Waals surface area (Å²) < 4.78 is 4.00. The molecule has 102 valence electrons. The molecule has 20 heavy (non-hydrogen) atoms. The number of fused-ring (bicyclic) bond motifs is 1. The van der Waals surface area contributed by atoms with Gasteiger partial charge in [0.2, 0.25) is 0 Å². The number of imidazole rings is 1. The summed E-state index contributed by atoms with van der Waals surface area (Å²) in [5.74, 6) is 0. The van der Waals surface area contributed by atoms with Crippen molar-refractivity contribution in [3.8, 4) is 0 Å². The minimum atomic E-state index is 0.550. The van der Waals surface area contributed by atoms with E-state index in [9.17, 15) is 0 Å². The highest BCUT2D eigenvalue weighted by atomic mass is 15.3. The molecule has 4 rings (SSSR count). The van der Waals surface area contributed by atoms with Crippen molar-refractivity contribution in [3.63, 3.8) is 0 Å². The third-order valence-electron chi connectivity index (χ3n) is 3.95. The van der Waals surface area contributed by atoms with Gasteiger partial charge in [-0.25, -0.2) is 14.5 Å². The molecule has 0 aromatic carbocycles. The number of hydrogen-bond acceptors (Lipinski definition) is 4. The average Bonchev–Trinajstić information content (AvgIpc) is 3.19. The third kappa shape index (κ3) is 2.08. The number of nitrogens with zero attached hydrogens (tertiary/aromatic N) is 6. The summed E-state index contributed by atoms with van der Waals surface area (Å²) in [6.07, 6.45) is 10.6. The van der Waals surface area contributed by atoms with Crippen molar-refractivity contribution in [2.75, 3.05) is 13.1 Å². The molecule has 3 aromatic rings. The van der Waals surface area contributed by atoms with E-state index in [1.165, 1.54) is 12.0 Å². The van der Waals surface area contributed by atoms with Gasteiger partial charge in [-0.05, 0) is 24.1 Å². The van der Waals surface area contributed by atoms with E-state index in [4.69, 9.17) is 0 Å². The Hall–Kier alpha value is -2.21. The first-order valence-electron chi connectivity index (χ1n) is 6.86. The van der Waals surface area contributed by atoms with Crippen LogP contribution >= 0.6 is 0 Å². The molecule has 1 aliphatic heterocycles. The molecule has 1 aliphatic rings. The molecule has 1 atom stereocenters. The number of likely N-dealkylation sites (tertiary alicyclic amines) is 1. The Labute approximate surface area is 116 Å². The molecule has 1 fully saturated rings. The van der Waals surface area contributed by atoms with E-state index in [0.29, 0.717) is 6.04 Å². The molecule has 6 nitrogen and oxygen atoms in total. The molecule has 0 bridgehead atoms. The quantitative estimate of drug-likeness (QED) is 0.720. The Morgan fingerprint density at radius 2 is 2.30 bits per heavy atom. The zero-order valence-corrected chi connectivity index (χ0v) is 11.1. The lowest BCUT2D eigenvalue weighted by atomic mass is 10.2. The molecule has 4 heterocycles. The maximum Gasteiger partial charge on any atom is 0.155 e. The number of pyridine rings is 1. The van der Waals surface area contributed by atoms with Gasteiger partial charge in [-0.2, -0.15) is 5.10 Å². The second-order valence-corrected chi connectivity index (χ2v) is 5.29. The van der Waals surface area contributed by atoms with Crippen molar-refractivity contribution in [3.05, 3.63) is 48.9 Å². The summed E-state index contributed by atoms with van der Waals surface area (Å²) in [6.45, 7) is 3.17. The van der Waals surface area contributed by atoms with Gasteiger partial charge in [0, 0.05) is 44.3 Å². The van der Waals surface area contributed by atoms with Crippen LogP contribution in [0.2, 0.25) is 0 Å². The van der Waals surface area contributed by atoms with Crippen LogP contribution in [0.1, 0.15) is 18.0 Å². The average molecular weight is 268 g/mol. The third-order valence-corrected chi connectivity index (χ3v) is 3.95. The van der Waals surface area contributed by atoms with Crippen LogP contribution in [0.3, 0.4) is 0 Å². The molecule has 3 aromatic heterocycles. The number of hydrogen-bond donors (Lipinski definition) is 0. The van der Waals surface area contributed by atoms with Crippen molar-refractivity contribution in [1.29, 1.82) is 0 Å². The second kappa shape index (κ2) is 4.72. The predicted octanol–water partition coefficient (Wildman–Crippen LogP) is 1.37. The van der Waals surface area contributed by atoms with Crippen molar-refractivity contribution in [2.24, 2.45) is 0 Å². The SMILES string of the molecule is c1cn(C2CCN(Cc3ccn4ncnc4c3)C2)cn1. The molecule has 0 radical (unpaired) electrons. The van der Waals surface area contributed by atoms with Gasteiger partial charge in [0.05, 0.1) is 6.33 Å². The minimum absolute atomic E-state index is 0.550. The summed E-state index contributed by atoms with van der Waals surface area (Å²) in [7, 11) is 0. The predicted molar refractivity (Wildman–Crippen MR) is 74.1 cm³/mol. The Balaban J connectivity index is 1.47. The van der Waals surface area contributed by atoms with Gasteiger partial charge in [-0.3, -0.25) is 4.90 Å². The van der Waals surface area contributed by atoms with Crippen LogP contribution in [-0.4, -0.2) is 42.1 Å². The summed E-state index contributed by atoms with van der Waals surface area (Å²) in [5.41, 5.74) is 2.20. The second-order valence-electron chi connectivity index (χ2n) is 5.29. The maximum atomic E-state index is 4.23. The summed E-state index contributed by atoms with van der Waals surface area (Å²) in [5, 5.41) is 4.12. The molecule has 6 heteroatoms. The van der Waals surface area contributed by atoms with Gasteiger partial charge in [0.25, 0.3) is 0 Å². The van der Waals surface area contributed by atoms with Crippen molar-refractivity contribution in [2.45, 2.75) is 19.0 Å². The summed E-state index contributed by atoms with van der Waals surface area (Å²) in [6, 6.07) is 4.78. The number of rotatable bonds is 3. The van der Waals surface area contributed by atoms with Crippen LogP contribution in [0.25, 0.3) is 5.65 Å². The standard InChI is InChI=1S/C14H16N6/c1-5-20-14(16-10-17-20)7-12(1)8-18-4-2-13(9-18)19-6-3-15-11-19/h1,3,5-7,10-11,13H,2,4,8-9H2. The molecular formula is C14H16N6. The zero-order chi connectivity index (χ0) is 13.4. The van der Waals surface area contributed by atoms with E-state index < -0.39 is 0 Å². The summed E-state index contributed by atoms with van der Waals surface area (Å²) in [4.78, 5) is 10.8. The highest BCUT2D eigenvalue weighted by Crippen LogP contribution is 2.22. The monoisotopic (exact) mass is 268 g/mol. The van der Waals surface area contributed by atoms with Crippen molar-refractivity contribution >= 4 is 5.65 Å². The van der Waals surface area contributed by atoms with Crippen LogP contribution in [-0.2, 0) is 6.54 Å². The van der Waals surface area contributed by atoms with Gasteiger partial charge in [-0.1, -0.05) is 0 Å². The van der Waals surface area contributed by atoms with E-state index in [0.717, 1.165) is 25.3 Å².